The van der Waals surface area contributed by atoms with E-state index in [9.17, 15) is 5.11 Å². The van der Waals surface area contributed by atoms with E-state index in [4.69, 9.17) is 9.47 Å². The molecular weight excluding hydrogens is 242 g/mol. The molecule has 0 radical (unpaired) electrons. The highest BCUT2D eigenvalue weighted by atomic mass is 16.6. The molecule has 106 valence electrons. The molecule has 1 heterocycles. The first-order valence-corrected chi connectivity index (χ1v) is 6.66. The third-order valence-electron chi connectivity index (χ3n) is 3.90. The van der Waals surface area contributed by atoms with Crippen LogP contribution in [0.3, 0.4) is 0 Å². The van der Waals surface area contributed by atoms with Crippen molar-refractivity contribution in [3.8, 4) is 11.5 Å². The number of rotatable bonds is 4. The van der Waals surface area contributed by atoms with Crippen LogP contribution in [-0.4, -0.2) is 29.5 Å². The number of hydrogen-bond donors (Lipinski definition) is 2. The number of fused-ring (bicyclic) bond motifs is 1. The van der Waals surface area contributed by atoms with Gasteiger partial charge in [0.2, 0.25) is 0 Å². The molecular formula is C15H23NO3. The molecule has 0 saturated heterocycles. The molecule has 0 unspecified atom stereocenters. The highest BCUT2D eigenvalue weighted by Crippen LogP contribution is 2.34. The maximum absolute atomic E-state index is 10.1. The predicted molar refractivity (Wildman–Crippen MR) is 74.6 cm³/mol. The molecule has 0 spiro atoms. The molecule has 0 saturated carbocycles. The highest BCUT2D eigenvalue weighted by Gasteiger charge is 2.34. The lowest BCUT2D eigenvalue weighted by molar-refractivity contribution is -0.00546. The second-order valence-electron chi connectivity index (χ2n) is 5.98. The molecule has 1 aliphatic rings. The second kappa shape index (κ2) is 5.02. The molecule has 19 heavy (non-hydrogen) atoms. The van der Waals surface area contributed by atoms with Crippen LogP contribution >= 0.6 is 0 Å². The Labute approximate surface area is 114 Å². The Bertz CT molecular complexity index is 449. The van der Waals surface area contributed by atoms with E-state index in [1.54, 1.807) is 13.8 Å². The molecule has 2 rings (SSSR count). The Hall–Kier alpha value is -1.26. The van der Waals surface area contributed by atoms with E-state index in [2.05, 4.69) is 5.32 Å². The van der Waals surface area contributed by atoms with Gasteiger partial charge in [0.15, 0.2) is 11.5 Å². The Balaban J connectivity index is 2.12. The topological polar surface area (TPSA) is 50.7 Å². The summed E-state index contributed by atoms with van der Waals surface area (Å²) in [5, 5.41) is 13.5. The monoisotopic (exact) mass is 265 g/mol. The fourth-order valence-corrected chi connectivity index (χ4v) is 1.81. The number of benzene rings is 1. The van der Waals surface area contributed by atoms with Gasteiger partial charge in [-0.05, 0) is 33.8 Å². The molecule has 0 atom stereocenters. The lowest BCUT2D eigenvalue weighted by atomic mass is 9.86. The minimum Gasteiger partial charge on any atom is -0.486 e. The van der Waals surface area contributed by atoms with Gasteiger partial charge >= 0.3 is 0 Å². The maximum Gasteiger partial charge on any atom is 0.165 e. The number of ether oxygens (including phenoxy) is 2. The average Bonchev–Trinajstić information content (AvgIpc) is 2.35. The summed E-state index contributed by atoms with van der Waals surface area (Å²) < 4.78 is 11.2. The zero-order valence-corrected chi connectivity index (χ0v) is 12.1. The van der Waals surface area contributed by atoms with Crippen molar-refractivity contribution < 1.29 is 14.6 Å². The van der Waals surface area contributed by atoms with Crippen LogP contribution in [0.5, 0.6) is 11.5 Å². The van der Waals surface area contributed by atoms with Gasteiger partial charge in [0.1, 0.15) is 13.2 Å². The summed E-state index contributed by atoms with van der Waals surface area (Å²) in [6.07, 6.45) is 0. The summed E-state index contributed by atoms with van der Waals surface area (Å²) in [7, 11) is 0. The molecule has 0 fully saturated rings. The van der Waals surface area contributed by atoms with Gasteiger partial charge in [0.25, 0.3) is 0 Å². The summed E-state index contributed by atoms with van der Waals surface area (Å²) in [5.41, 5.74) is -0.153. The predicted octanol–water partition coefficient (Wildman–Crippen LogP) is 2.10. The van der Waals surface area contributed by atoms with E-state index in [1.165, 1.54) is 0 Å². The van der Waals surface area contributed by atoms with Crippen LogP contribution in [0.25, 0.3) is 0 Å². The Morgan fingerprint density at radius 1 is 1.16 bits per heavy atom. The van der Waals surface area contributed by atoms with Crippen LogP contribution in [0.4, 0.5) is 0 Å². The summed E-state index contributed by atoms with van der Waals surface area (Å²) in [6, 6.07) is 5.89. The summed E-state index contributed by atoms with van der Waals surface area (Å²) in [6.45, 7) is 9.39. The number of para-hydroxylation sites is 1. The van der Waals surface area contributed by atoms with E-state index < -0.39 is 11.1 Å². The molecule has 2 N–H and O–H groups in total. The molecule has 1 aromatic carbocycles. The number of hydrogen-bond acceptors (Lipinski definition) is 4. The molecule has 0 amide bonds. The fraction of sp³-hybridized carbons (Fsp3) is 0.600. The fourth-order valence-electron chi connectivity index (χ4n) is 1.81. The van der Waals surface area contributed by atoms with Gasteiger partial charge < -0.3 is 19.9 Å². The van der Waals surface area contributed by atoms with Crippen molar-refractivity contribution in [1.82, 2.24) is 5.32 Å². The lowest BCUT2D eigenvalue weighted by Crippen LogP contribution is -2.55. The van der Waals surface area contributed by atoms with Crippen molar-refractivity contribution in [3.63, 3.8) is 0 Å². The molecule has 1 aliphatic heterocycles. The van der Waals surface area contributed by atoms with Crippen molar-refractivity contribution in [2.75, 3.05) is 13.2 Å². The maximum atomic E-state index is 10.1. The average molecular weight is 265 g/mol. The Morgan fingerprint density at radius 2 is 1.84 bits per heavy atom. The van der Waals surface area contributed by atoms with Gasteiger partial charge in [-0.25, -0.2) is 0 Å². The molecule has 1 aromatic rings. The van der Waals surface area contributed by atoms with E-state index in [0.717, 1.165) is 17.1 Å². The highest BCUT2D eigenvalue weighted by molar-refractivity contribution is 5.47. The van der Waals surface area contributed by atoms with Crippen molar-refractivity contribution in [3.05, 3.63) is 23.8 Å². The standard InChI is InChI=1S/C15H23NO3/c1-14(2,15(3,4)17)16-10-11-6-5-7-12-13(11)19-9-8-18-12/h5-7,16-17H,8-10H2,1-4H3. The first-order valence-electron chi connectivity index (χ1n) is 6.66. The van der Waals surface area contributed by atoms with E-state index in [0.29, 0.717) is 19.8 Å². The van der Waals surface area contributed by atoms with Crippen molar-refractivity contribution in [2.24, 2.45) is 0 Å². The van der Waals surface area contributed by atoms with Crippen LogP contribution in [-0.2, 0) is 6.54 Å². The molecule has 0 aromatic heterocycles. The van der Waals surface area contributed by atoms with Crippen molar-refractivity contribution >= 4 is 0 Å². The van der Waals surface area contributed by atoms with Gasteiger partial charge in [0.05, 0.1) is 5.60 Å². The molecule has 4 nitrogen and oxygen atoms in total. The molecule has 0 aliphatic carbocycles. The lowest BCUT2D eigenvalue weighted by Gasteiger charge is -2.38. The minimum atomic E-state index is -0.806. The van der Waals surface area contributed by atoms with Gasteiger partial charge in [-0.3, -0.25) is 0 Å². The zero-order chi connectivity index (χ0) is 14.1. The largest absolute Gasteiger partial charge is 0.486 e. The first-order chi connectivity index (χ1) is 8.81. The Morgan fingerprint density at radius 3 is 2.53 bits per heavy atom. The molecule has 0 bridgehead atoms. The number of aliphatic hydroxyl groups is 1. The number of nitrogens with one attached hydrogen (secondary N) is 1. The third-order valence-corrected chi connectivity index (χ3v) is 3.90. The van der Waals surface area contributed by atoms with E-state index in [-0.39, 0.29) is 0 Å². The SMILES string of the molecule is CC(C)(O)C(C)(C)NCc1cccc2c1OCCO2. The Kier molecular flexibility index (Phi) is 3.74. The second-order valence-corrected chi connectivity index (χ2v) is 5.98. The van der Waals surface area contributed by atoms with Gasteiger partial charge in [-0.2, -0.15) is 0 Å². The summed E-state index contributed by atoms with van der Waals surface area (Å²) in [5.74, 6) is 1.61. The van der Waals surface area contributed by atoms with Gasteiger partial charge in [-0.15, -0.1) is 0 Å². The van der Waals surface area contributed by atoms with Crippen LogP contribution in [0.1, 0.15) is 33.3 Å². The third kappa shape index (κ3) is 3.01. The van der Waals surface area contributed by atoms with Crippen LogP contribution in [0.15, 0.2) is 18.2 Å². The zero-order valence-electron chi connectivity index (χ0n) is 12.1. The summed E-state index contributed by atoms with van der Waals surface area (Å²) >= 11 is 0. The quantitative estimate of drug-likeness (QED) is 0.875. The van der Waals surface area contributed by atoms with Crippen molar-refractivity contribution in [1.29, 1.82) is 0 Å². The smallest absolute Gasteiger partial charge is 0.165 e. The van der Waals surface area contributed by atoms with E-state index >= 15 is 0 Å². The van der Waals surface area contributed by atoms with Crippen LogP contribution in [0, 0.1) is 0 Å². The summed E-state index contributed by atoms with van der Waals surface area (Å²) in [4.78, 5) is 0. The van der Waals surface area contributed by atoms with Crippen LogP contribution < -0.4 is 14.8 Å². The molecule has 4 heteroatoms. The normalized spacial score (nSPS) is 15.4. The van der Waals surface area contributed by atoms with Gasteiger partial charge in [0, 0.05) is 17.6 Å². The van der Waals surface area contributed by atoms with Crippen molar-refractivity contribution in [2.45, 2.75) is 45.4 Å². The van der Waals surface area contributed by atoms with Crippen LogP contribution in [0.2, 0.25) is 0 Å². The van der Waals surface area contributed by atoms with E-state index in [1.807, 2.05) is 32.0 Å². The first kappa shape index (κ1) is 14.2. The minimum absolute atomic E-state index is 0.398. The van der Waals surface area contributed by atoms with Gasteiger partial charge in [-0.1, -0.05) is 12.1 Å².